The lowest BCUT2D eigenvalue weighted by Gasteiger charge is -2.13. The van der Waals surface area contributed by atoms with Gasteiger partial charge in [0.2, 0.25) is 5.89 Å². The predicted molar refractivity (Wildman–Crippen MR) is 135 cm³/mol. The molecule has 1 heterocycles. The fourth-order valence-electron chi connectivity index (χ4n) is 3.67. The largest absolute Gasteiger partial charge is 0.493 e. The molecule has 0 amide bonds. The van der Waals surface area contributed by atoms with Crippen molar-refractivity contribution in [1.29, 1.82) is 0 Å². The third-order valence-electron chi connectivity index (χ3n) is 5.58. The SMILES string of the molecule is COc1cccc(C=Nc2ccc3oc(-c4ccc(C)cc4)nc3c2)c1OCc1ccccc1F. The second-order valence-electron chi connectivity index (χ2n) is 8.05. The van der Waals surface area contributed by atoms with Gasteiger partial charge in [0.1, 0.15) is 17.9 Å². The van der Waals surface area contributed by atoms with E-state index in [2.05, 4.69) is 9.98 Å². The second-order valence-corrected chi connectivity index (χ2v) is 8.05. The molecule has 0 aliphatic heterocycles. The van der Waals surface area contributed by atoms with E-state index in [-0.39, 0.29) is 12.4 Å². The molecule has 0 spiro atoms. The van der Waals surface area contributed by atoms with Gasteiger partial charge in [-0.15, -0.1) is 0 Å². The molecule has 0 atom stereocenters. The molecule has 6 heteroatoms. The van der Waals surface area contributed by atoms with E-state index in [4.69, 9.17) is 13.9 Å². The van der Waals surface area contributed by atoms with Crippen LogP contribution in [0.1, 0.15) is 16.7 Å². The number of methoxy groups -OCH3 is 1. The van der Waals surface area contributed by atoms with E-state index >= 15 is 0 Å². The molecule has 5 rings (SSSR count). The van der Waals surface area contributed by atoms with E-state index in [1.54, 1.807) is 37.6 Å². The number of para-hydroxylation sites is 1. The highest BCUT2D eigenvalue weighted by Crippen LogP contribution is 2.32. The number of fused-ring (bicyclic) bond motifs is 1. The summed E-state index contributed by atoms with van der Waals surface area (Å²) >= 11 is 0. The van der Waals surface area contributed by atoms with Crippen LogP contribution in [0.3, 0.4) is 0 Å². The molecule has 0 N–H and O–H groups in total. The normalized spacial score (nSPS) is 11.3. The number of rotatable bonds is 7. The van der Waals surface area contributed by atoms with Crippen molar-refractivity contribution < 1.29 is 18.3 Å². The van der Waals surface area contributed by atoms with Gasteiger partial charge >= 0.3 is 0 Å². The van der Waals surface area contributed by atoms with Crippen LogP contribution >= 0.6 is 0 Å². The van der Waals surface area contributed by atoms with E-state index in [0.29, 0.717) is 39.8 Å². The number of ether oxygens (including phenoxy) is 2. The number of aryl methyl sites for hydroxylation is 1. The Morgan fingerprint density at radius 3 is 2.60 bits per heavy atom. The first-order valence-electron chi connectivity index (χ1n) is 11.2. The zero-order valence-electron chi connectivity index (χ0n) is 19.4. The Morgan fingerprint density at radius 1 is 0.971 bits per heavy atom. The molecule has 0 aliphatic carbocycles. The van der Waals surface area contributed by atoms with Gasteiger partial charge < -0.3 is 13.9 Å². The minimum atomic E-state index is -0.316. The van der Waals surface area contributed by atoms with Crippen LogP contribution in [0.4, 0.5) is 10.1 Å². The van der Waals surface area contributed by atoms with Gasteiger partial charge in [0.15, 0.2) is 17.1 Å². The number of oxazole rings is 1. The maximum Gasteiger partial charge on any atom is 0.227 e. The summed E-state index contributed by atoms with van der Waals surface area (Å²) in [5, 5.41) is 0. The first-order valence-corrected chi connectivity index (χ1v) is 11.2. The van der Waals surface area contributed by atoms with Crippen LogP contribution in [0.25, 0.3) is 22.6 Å². The lowest BCUT2D eigenvalue weighted by atomic mass is 10.1. The highest BCUT2D eigenvalue weighted by molar-refractivity contribution is 5.88. The van der Waals surface area contributed by atoms with Crippen molar-refractivity contribution in [3.8, 4) is 23.0 Å². The van der Waals surface area contributed by atoms with Crippen molar-refractivity contribution >= 4 is 23.0 Å². The van der Waals surface area contributed by atoms with Gasteiger partial charge in [-0.25, -0.2) is 9.37 Å². The maximum absolute atomic E-state index is 14.0. The molecule has 0 radical (unpaired) electrons. The minimum Gasteiger partial charge on any atom is -0.493 e. The quantitative estimate of drug-likeness (QED) is 0.237. The topological polar surface area (TPSA) is 56.9 Å². The van der Waals surface area contributed by atoms with Gasteiger partial charge in [-0.3, -0.25) is 4.99 Å². The van der Waals surface area contributed by atoms with Crippen LogP contribution in [0, 0.1) is 12.7 Å². The molecule has 0 fully saturated rings. The predicted octanol–water partition coefficient (Wildman–Crippen LogP) is 7.28. The van der Waals surface area contributed by atoms with Crippen LogP contribution < -0.4 is 9.47 Å². The molecular weight excluding hydrogens is 443 g/mol. The Balaban J connectivity index is 1.41. The number of hydrogen-bond acceptors (Lipinski definition) is 5. The Labute approximate surface area is 202 Å². The Hall–Kier alpha value is -4.45. The second kappa shape index (κ2) is 9.81. The summed E-state index contributed by atoms with van der Waals surface area (Å²) in [6, 6.07) is 25.7. The Morgan fingerprint density at radius 2 is 1.80 bits per heavy atom. The number of aliphatic imine (C=N–C) groups is 1. The molecule has 1 aromatic heterocycles. The number of nitrogens with zero attached hydrogens (tertiary/aromatic N) is 2. The summed E-state index contributed by atoms with van der Waals surface area (Å²) in [7, 11) is 1.57. The third-order valence-corrected chi connectivity index (χ3v) is 5.58. The molecule has 174 valence electrons. The fourth-order valence-corrected chi connectivity index (χ4v) is 3.67. The van der Waals surface area contributed by atoms with E-state index in [1.165, 1.54) is 11.6 Å². The lowest BCUT2D eigenvalue weighted by Crippen LogP contribution is -2.02. The average Bonchev–Trinajstić information content (AvgIpc) is 3.31. The average molecular weight is 467 g/mol. The first-order chi connectivity index (χ1) is 17.1. The maximum atomic E-state index is 14.0. The van der Waals surface area contributed by atoms with E-state index < -0.39 is 0 Å². The van der Waals surface area contributed by atoms with Gasteiger partial charge in [0, 0.05) is 22.9 Å². The van der Waals surface area contributed by atoms with Gasteiger partial charge in [-0.1, -0.05) is 42.0 Å². The minimum absolute atomic E-state index is 0.0700. The zero-order chi connectivity index (χ0) is 24.2. The van der Waals surface area contributed by atoms with E-state index in [9.17, 15) is 4.39 Å². The zero-order valence-corrected chi connectivity index (χ0v) is 19.4. The Bertz CT molecular complexity index is 1510. The van der Waals surface area contributed by atoms with E-state index in [1.807, 2.05) is 61.5 Å². The van der Waals surface area contributed by atoms with Gasteiger partial charge in [-0.05, 0) is 55.5 Å². The molecule has 5 nitrogen and oxygen atoms in total. The first kappa shape index (κ1) is 22.3. The van der Waals surface area contributed by atoms with Crippen molar-refractivity contribution in [2.75, 3.05) is 7.11 Å². The third kappa shape index (κ3) is 4.92. The summed E-state index contributed by atoms with van der Waals surface area (Å²) < 4.78 is 31.4. The molecule has 0 saturated heterocycles. The highest BCUT2D eigenvalue weighted by Gasteiger charge is 2.12. The summed E-state index contributed by atoms with van der Waals surface area (Å²) in [5.41, 5.74) is 5.39. The monoisotopic (exact) mass is 466 g/mol. The van der Waals surface area contributed by atoms with Gasteiger partial charge in [0.05, 0.1) is 12.8 Å². The van der Waals surface area contributed by atoms with Crippen molar-refractivity contribution in [2.24, 2.45) is 4.99 Å². The highest BCUT2D eigenvalue weighted by atomic mass is 19.1. The summed E-state index contributed by atoms with van der Waals surface area (Å²) in [6.07, 6.45) is 1.70. The smallest absolute Gasteiger partial charge is 0.227 e. The molecule has 0 unspecified atom stereocenters. The molecule has 0 aliphatic rings. The van der Waals surface area contributed by atoms with Crippen LogP contribution in [-0.4, -0.2) is 18.3 Å². The number of benzene rings is 4. The molecule has 0 bridgehead atoms. The molecule has 5 aromatic rings. The van der Waals surface area contributed by atoms with Crippen LogP contribution in [0.5, 0.6) is 11.5 Å². The van der Waals surface area contributed by atoms with Crippen LogP contribution in [0.15, 0.2) is 94.3 Å². The van der Waals surface area contributed by atoms with Gasteiger partial charge in [-0.2, -0.15) is 0 Å². The summed E-state index contributed by atoms with van der Waals surface area (Å²) in [5.74, 6) is 1.28. The van der Waals surface area contributed by atoms with Crippen LogP contribution in [0.2, 0.25) is 0 Å². The molecule has 0 saturated carbocycles. The summed E-state index contributed by atoms with van der Waals surface area (Å²) in [6.45, 7) is 2.11. The summed E-state index contributed by atoms with van der Waals surface area (Å²) in [4.78, 5) is 9.24. The van der Waals surface area contributed by atoms with Crippen molar-refractivity contribution in [2.45, 2.75) is 13.5 Å². The fraction of sp³-hybridized carbons (Fsp3) is 0.103. The number of hydrogen-bond donors (Lipinski definition) is 0. The standard InChI is InChI=1S/C29H23FN2O3/c1-19-10-12-20(13-11-19)29-32-25-16-23(14-15-26(25)35-29)31-17-21-7-5-9-27(33-2)28(21)34-18-22-6-3-4-8-24(22)30/h3-17H,18H2,1-2H3. The molecule has 4 aromatic carbocycles. The molecule has 35 heavy (non-hydrogen) atoms. The number of aromatic nitrogens is 1. The van der Waals surface area contributed by atoms with Gasteiger partial charge in [0.25, 0.3) is 0 Å². The lowest BCUT2D eigenvalue weighted by molar-refractivity contribution is 0.279. The number of halogens is 1. The van der Waals surface area contributed by atoms with Crippen molar-refractivity contribution in [3.63, 3.8) is 0 Å². The van der Waals surface area contributed by atoms with E-state index in [0.717, 1.165) is 11.1 Å². The van der Waals surface area contributed by atoms with Crippen molar-refractivity contribution in [1.82, 2.24) is 4.98 Å². The molecular formula is C29H23FN2O3. The van der Waals surface area contributed by atoms with Crippen molar-refractivity contribution in [3.05, 3.63) is 107 Å². The Kier molecular flexibility index (Phi) is 6.26. The van der Waals surface area contributed by atoms with Crippen LogP contribution in [-0.2, 0) is 6.61 Å².